The van der Waals surface area contributed by atoms with E-state index in [2.05, 4.69) is 127 Å². The van der Waals surface area contributed by atoms with Gasteiger partial charge < -0.3 is 0 Å². The van der Waals surface area contributed by atoms with Crippen molar-refractivity contribution in [3.63, 3.8) is 0 Å². The average molecular weight is 893 g/mol. The summed E-state index contributed by atoms with van der Waals surface area (Å²) in [6, 6.07) is 86.1. The van der Waals surface area contributed by atoms with Crippen LogP contribution in [0, 0.1) is 22.7 Å². The molecule has 6 nitrogen and oxygen atoms in total. The van der Waals surface area contributed by atoms with Gasteiger partial charge in [0.05, 0.1) is 46.0 Å². The lowest BCUT2D eigenvalue weighted by atomic mass is 9.88. The molecular formula is C64H40N6. The molecule has 11 rings (SSSR count). The summed E-state index contributed by atoms with van der Waals surface area (Å²) in [7, 11) is 0. The van der Waals surface area contributed by atoms with Crippen molar-refractivity contribution in [2.24, 2.45) is 0 Å². The van der Waals surface area contributed by atoms with E-state index in [1.807, 2.05) is 127 Å². The molecule has 0 fully saturated rings. The zero-order chi connectivity index (χ0) is 47.2. The highest BCUT2D eigenvalue weighted by molar-refractivity contribution is 5.96. The van der Waals surface area contributed by atoms with Gasteiger partial charge in [-0.25, -0.2) is 19.9 Å². The fourth-order valence-corrected chi connectivity index (χ4v) is 9.09. The van der Waals surface area contributed by atoms with Crippen molar-refractivity contribution < 1.29 is 0 Å². The third-order valence-corrected chi connectivity index (χ3v) is 12.5. The number of aromatic nitrogens is 4. The smallest absolute Gasteiger partial charge is 0.160 e. The zero-order valence-corrected chi connectivity index (χ0v) is 37.8. The molecular weight excluding hydrogens is 853 g/mol. The number of benzene rings is 9. The van der Waals surface area contributed by atoms with Gasteiger partial charge in [-0.05, 0) is 80.9 Å². The lowest BCUT2D eigenvalue weighted by molar-refractivity contribution is 1.18. The summed E-state index contributed by atoms with van der Waals surface area (Å²) < 4.78 is 0. The molecule has 70 heavy (non-hydrogen) atoms. The number of hydrogen-bond acceptors (Lipinski definition) is 6. The van der Waals surface area contributed by atoms with E-state index in [0.717, 1.165) is 101 Å². The molecule has 0 saturated carbocycles. The highest BCUT2D eigenvalue weighted by atomic mass is 14.9. The normalized spacial score (nSPS) is 10.8. The Labute approximate surface area is 406 Å². The molecule has 6 heteroatoms. The quantitative estimate of drug-likeness (QED) is 0.136. The second kappa shape index (κ2) is 19.1. The van der Waals surface area contributed by atoms with Crippen molar-refractivity contribution in [3.8, 4) is 124 Å². The van der Waals surface area contributed by atoms with Crippen LogP contribution in [0.3, 0.4) is 0 Å². The van der Waals surface area contributed by atoms with Gasteiger partial charge in [0.1, 0.15) is 0 Å². The summed E-state index contributed by atoms with van der Waals surface area (Å²) >= 11 is 0. The van der Waals surface area contributed by atoms with Crippen molar-refractivity contribution in [1.82, 2.24) is 19.9 Å². The average Bonchev–Trinajstić information content (AvgIpc) is 3.45. The summed E-state index contributed by atoms with van der Waals surface area (Å²) in [4.78, 5) is 21.0. The number of hydrogen-bond donors (Lipinski definition) is 0. The Morgan fingerprint density at radius 3 is 1.03 bits per heavy atom. The highest BCUT2D eigenvalue weighted by Gasteiger charge is 2.20. The maximum atomic E-state index is 9.96. The third kappa shape index (κ3) is 8.53. The molecule has 0 spiro atoms. The second-order valence-electron chi connectivity index (χ2n) is 16.8. The SMILES string of the molecule is N#Cc1ccccc1-c1cccc(-c2cc(-c3ccccc3-c3ccccc3-c3ccccc3-c3cc(-c4ccccc4)nc(-c4cccc(-c5ccccc5C#N)c4)n3)nc(-c3ccccc3)n2)c1. The van der Waals surface area contributed by atoms with E-state index >= 15 is 0 Å². The topological polar surface area (TPSA) is 99.1 Å². The molecule has 0 amide bonds. The van der Waals surface area contributed by atoms with Crippen LogP contribution in [0.5, 0.6) is 0 Å². The molecule has 9 aromatic carbocycles. The van der Waals surface area contributed by atoms with Gasteiger partial charge in [-0.1, -0.05) is 206 Å². The fourth-order valence-electron chi connectivity index (χ4n) is 9.09. The molecule has 2 heterocycles. The van der Waals surface area contributed by atoms with Crippen LogP contribution in [0.25, 0.3) is 112 Å². The van der Waals surface area contributed by atoms with Gasteiger partial charge in [-0.15, -0.1) is 0 Å². The Balaban J connectivity index is 1.06. The molecule has 0 aliphatic heterocycles. The first kappa shape index (κ1) is 42.7. The maximum absolute atomic E-state index is 9.96. The third-order valence-electron chi connectivity index (χ3n) is 12.5. The van der Waals surface area contributed by atoms with Crippen molar-refractivity contribution in [2.75, 3.05) is 0 Å². The van der Waals surface area contributed by atoms with Crippen LogP contribution in [0.15, 0.2) is 243 Å². The van der Waals surface area contributed by atoms with E-state index in [1.54, 1.807) is 0 Å². The molecule has 0 unspecified atom stereocenters. The molecule has 0 aliphatic carbocycles. The first-order valence-corrected chi connectivity index (χ1v) is 23.0. The van der Waals surface area contributed by atoms with Crippen molar-refractivity contribution in [2.45, 2.75) is 0 Å². The Bertz CT molecular complexity index is 3560. The minimum Gasteiger partial charge on any atom is -0.228 e. The van der Waals surface area contributed by atoms with Gasteiger partial charge in [-0.3, -0.25) is 0 Å². The van der Waals surface area contributed by atoms with Crippen LogP contribution in [0.2, 0.25) is 0 Å². The van der Waals surface area contributed by atoms with Crippen LogP contribution >= 0.6 is 0 Å². The van der Waals surface area contributed by atoms with Crippen LogP contribution in [0.4, 0.5) is 0 Å². The standard InChI is InChI=1S/C64H40N6/c65-41-49-23-7-9-29-51(49)45-25-17-27-47(37-45)60-40-62(69-63(68-60)44-21-5-2-6-22-44)58-36-16-14-34-56(58)54-32-12-11-31-53(54)55-33-13-15-35-57(55)61-39-59(43-19-3-1-4-20-43)67-64(70-61)48-28-18-26-46(38-48)52-30-10-8-24-50(52)42-66/h1-40H. The molecule has 0 aliphatic rings. The van der Waals surface area contributed by atoms with Gasteiger partial charge in [-0.2, -0.15) is 10.5 Å². The zero-order valence-electron chi connectivity index (χ0n) is 37.8. The first-order chi connectivity index (χ1) is 34.6. The number of nitriles is 2. The molecule has 11 aromatic rings. The lowest BCUT2D eigenvalue weighted by Gasteiger charge is -2.18. The van der Waals surface area contributed by atoms with Crippen LogP contribution in [0.1, 0.15) is 11.1 Å². The minimum atomic E-state index is 0.578. The van der Waals surface area contributed by atoms with Gasteiger partial charge in [0.25, 0.3) is 0 Å². The number of rotatable bonds is 10. The summed E-state index contributed by atoms with van der Waals surface area (Å²) in [5.74, 6) is 1.19. The van der Waals surface area contributed by atoms with Crippen LogP contribution in [-0.4, -0.2) is 19.9 Å². The van der Waals surface area contributed by atoms with Gasteiger partial charge in [0.2, 0.25) is 0 Å². The molecule has 0 bridgehead atoms. The molecule has 0 atom stereocenters. The van der Waals surface area contributed by atoms with E-state index in [-0.39, 0.29) is 0 Å². The largest absolute Gasteiger partial charge is 0.228 e. The molecule has 0 N–H and O–H groups in total. The fraction of sp³-hybridized carbons (Fsp3) is 0. The van der Waals surface area contributed by atoms with E-state index < -0.39 is 0 Å². The monoisotopic (exact) mass is 892 g/mol. The van der Waals surface area contributed by atoms with Crippen molar-refractivity contribution >= 4 is 0 Å². The van der Waals surface area contributed by atoms with E-state index in [4.69, 9.17) is 19.9 Å². The summed E-state index contributed by atoms with van der Waals surface area (Å²) in [6.45, 7) is 0. The Morgan fingerprint density at radius 2 is 0.543 bits per heavy atom. The Hall–Kier alpha value is -9.88. The summed E-state index contributed by atoms with van der Waals surface area (Å²) in [6.07, 6.45) is 0. The summed E-state index contributed by atoms with van der Waals surface area (Å²) in [5.41, 5.74) is 17.5. The van der Waals surface area contributed by atoms with Crippen molar-refractivity contribution in [1.29, 1.82) is 10.5 Å². The molecule has 0 saturated heterocycles. The van der Waals surface area contributed by atoms with Gasteiger partial charge in [0.15, 0.2) is 11.6 Å². The van der Waals surface area contributed by atoms with Crippen LogP contribution in [-0.2, 0) is 0 Å². The number of nitrogens with zero attached hydrogens (tertiary/aromatic N) is 6. The molecule has 2 aromatic heterocycles. The first-order valence-electron chi connectivity index (χ1n) is 23.0. The second-order valence-corrected chi connectivity index (χ2v) is 16.8. The minimum absolute atomic E-state index is 0.578. The summed E-state index contributed by atoms with van der Waals surface area (Å²) in [5, 5.41) is 19.9. The highest BCUT2D eigenvalue weighted by Crippen LogP contribution is 2.43. The van der Waals surface area contributed by atoms with Gasteiger partial charge >= 0.3 is 0 Å². The molecule has 326 valence electrons. The predicted molar refractivity (Wildman–Crippen MR) is 281 cm³/mol. The predicted octanol–water partition coefficient (Wildman–Crippen LogP) is 15.7. The van der Waals surface area contributed by atoms with E-state index in [9.17, 15) is 10.5 Å². The van der Waals surface area contributed by atoms with E-state index in [0.29, 0.717) is 22.8 Å². The lowest BCUT2D eigenvalue weighted by Crippen LogP contribution is -1.99. The van der Waals surface area contributed by atoms with Crippen molar-refractivity contribution in [3.05, 3.63) is 254 Å². The van der Waals surface area contributed by atoms with Gasteiger partial charge in [0, 0.05) is 33.4 Å². The Kier molecular flexibility index (Phi) is 11.7. The van der Waals surface area contributed by atoms with E-state index in [1.165, 1.54) is 0 Å². The molecule has 0 radical (unpaired) electrons. The Morgan fingerprint density at radius 1 is 0.229 bits per heavy atom. The van der Waals surface area contributed by atoms with Crippen LogP contribution < -0.4 is 0 Å². The maximum Gasteiger partial charge on any atom is 0.160 e.